The molecular weight excluding hydrogens is 559 g/mol. The van der Waals surface area contributed by atoms with Crippen molar-refractivity contribution in [1.82, 2.24) is 14.5 Å². The number of nitrogens with one attached hydrogen (secondary N) is 1. The van der Waals surface area contributed by atoms with E-state index in [2.05, 4.69) is 15.0 Å². The van der Waals surface area contributed by atoms with E-state index in [0.29, 0.717) is 45.0 Å². The van der Waals surface area contributed by atoms with Gasteiger partial charge in [-0.25, -0.2) is 9.97 Å². The fourth-order valence-corrected chi connectivity index (χ4v) is 5.56. The molecule has 43 heavy (non-hydrogen) atoms. The lowest BCUT2D eigenvalue weighted by molar-refractivity contribution is -0.274. The normalized spacial score (nSPS) is 17.7. The summed E-state index contributed by atoms with van der Waals surface area (Å²) in [7, 11) is 3.27. The summed E-state index contributed by atoms with van der Waals surface area (Å²) in [5, 5.41) is 4.05. The number of rotatable bonds is 7. The topological polar surface area (TPSA) is 82.8 Å². The first-order chi connectivity index (χ1) is 20.8. The molecule has 8 nitrogen and oxygen atoms in total. The SMILES string of the molecule is COc1ncccc1Nc1cc2nc3ccccc3n(-c3ccccc3OC(F)(F)F)c-2cc1=NC1CCC(OC)CC1. The molecule has 0 saturated heterocycles. The van der Waals surface area contributed by atoms with Gasteiger partial charge in [-0.15, -0.1) is 13.2 Å². The van der Waals surface area contributed by atoms with Gasteiger partial charge in [0.15, 0.2) is 5.75 Å². The second-order valence-electron chi connectivity index (χ2n) is 10.3. The van der Waals surface area contributed by atoms with Gasteiger partial charge in [0.1, 0.15) is 5.69 Å². The highest BCUT2D eigenvalue weighted by Crippen LogP contribution is 2.36. The molecule has 0 unspecified atom stereocenters. The van der Waals surface area contributed by atoms with E-state index in [1.807, 2.05) is 42.5 Å². The third-order valence-corrected chi connectivity index (χ3v) is 7.56. The number of benzene rings is 3. The summed E-state index contributed by atoms with van der Waals surface area (Å²) in [6.45, 7) is 0. The zero-order valence-electron chi connectivity index (χ0n) is 23.6. The molecule has 0 atom stereocenters. The van der Waals surface area contributed by atoms with E-state index < -0.39 is 6.36 Å². The van der Waals surface area contributed by atoms with Crippen LogP contribution in [-0.2, 0) is 4.74 Å². The third kappa shape index (κ3) is 6.12. The summed E-state index contributed by atoms with van der Waals surface area (Å²) < 4.78 is 57.7. The van der Waals surface area contributed by atoms with Crippen molar-refractivity contribution in [2.75, 3.05) is 19.5 Å². The predicted octanol–water partition coefficient (Wildman–Crippen LogP) is 7.03. The molecule has 2 heterocycles. The maximum absolute atomic E-state index is 13.5. The predicted molar refractivity (Wildman–Crippen MR) is 157 cm³/mol. The zero-order chi connectivity index (χ0) is 30.0. The molecule has 1 aliphatic heterocycles. The Bertz CT molecular complexity index is 1780. The number of halogens is 3. The Hall–Kier alpha value is -4.64. The Morgan fingerprint density at radius 2 is 1.67 bits per heavy atom. The highest BCUT2D eigenvalue weighted by molar-refractivity contribution is 5.85. The minimum atomic E-state index is -4.86. The molecule has 6 rings (SSSR count). The van der Waals surface area contributed by atoms with Gasteiger partial charge in [0.2, 0.25) is 5.88 Å². The van der Waals surface area contributed by atoms with Gasteiger partial charge in [0, 0.05) is 13.3 Å². The molecule has 0 amide bonds. The van der Waals surface area contributed by atoms with Crippen molar-refractivity contribution < 1.29 is 27.4 Å². The van der Waals surface area contributed by atoms with Crippen molar-refractivity contribution in [2.45, 2.75) is 44.2 Å². The number of hydrogen-bond donors (Lipinski definition) is 1. The van der Waals surface area contributed by atoms with Gasteiger partial charge in [-0.3, -0.25) is 4.99 Å². The molecule has 0 spiro atoms. The molecule has 0 radical (unpaired) electrons. The van der Waals surface area contributed by atoms with Crippen LogP contribution in [0.3, 0.4) is 0 Å². The smallest absolute Gasteiger partial charge is 0.480 e. The van der Waals surface area contributed by atoms with Crippen molar-refractivity contribution in [3.8, 4) is 28.7 Å². The van der Waals surface area contributed by atoms with Crippen LogP contribution in [0.5, 0.6) is 11.6 Å². The van der Waals surface area contributed by atoms with Crippen LogP contribution in [0, 0.1) is 0 Å². The van der Waals surface area contributed by atoms with E-state index in [1.54, 1.807) is 43.2 Å². The lowest BCUT2D eigenvalue weighted by atomic mass is 9.93. The number of methoxy groups -OCH3 is 2. The monoisotopic (exact) mass is 589 g/mol. The van der Waals surface area contributed by atoms with Gasteiger partial charge in [-0.1, -0.05) is 24.3 Å². The Morgan fingerprint density at radius 1 is 0.907 bits per heavy atom. The zero-order valence-corrected chi connectivity index (χ0v) is 23.6. The minimum absolute atomic E-state index is 0.0444. The third-order valence-electron chi connectivity index (χ3n) is 7.56. The second-order valence-corrected chi connectivity index (χ2v) is 10.3. The molecule has 222 valence electrons. The molecule has 3 aliphatic rings. The van der Waals surface area contributed by atoms with Crippen LogP contribution in [0.4, 0.5) is 24.5 Å². The average Bonchev–Trinajstić information content (AvgIpc) is 3.00. The Labute approximate surface area is 246 Å². The van der Waals surface area contributed by atoms with Gasteiger partial charge in [0.05, 0.1) is 58.4 Å². The molecule has 1 aromatic heterocycles. The Kier molecular flexibility index (Phi) is 7.90. The summed E-state index contributed by atoms with van der Waals surface area (Å²) in [4.78, 5) is 14.3. The summed E-state index contributed by atoms with van der Waals surface area (Å²) in [6, 6.07) is 20.8. The van der Waals surface area contributed by atoms with Crippen LogP contribution in [0.25, 0.3) is 28.1 Å². The molecule has 3 aromatic rings. The number of para-hydroxylation sites is 4. The van der Waals surface area contributed by atoms with Crippen LogP contribution < -0.4 is 20.1 Å². The van der Waals surface area contributed by atoms with Gasteiger partial charge < -0.3 is 24.1 Å². The molecule has 1 saturated carbocycles. The largest absolute Gasteiger partial charge is 0.573 e. The number of hydrogen-bond acceptors (Lipinski definition) is 7. The van der Waals surface area contributed by atoms with Gasteiger partial charge >= 0.3 is 6.36 Å². The first-order valence-electron chi connectivity index (χ1n) is 14.0. The molecule has 2 aliphatic carbocycles. The van der Waals surface area contributed by atoms with Gasteiger partial charge in [-0.05, 0) is 74.2 Å². The van der Waals surface area contributed by atoms with Crippen molar-refractivity contribution in [2.24, 2.45) is 4.99 Å². The number of pyridine rings is 1. The number of alkyl halides is 3. The van der Waals surface area contributed by atoms with Crippen molar-refractivity contribution in [3.63, 3.8) is 0 Å². The van der Waals surface area contributed by atoms with E-state index >= 15 is 0 Å². The Balaban J connectivity index is 1.60. The Morgan fingerprint density at radius 3 is 2.44 bits per heavy atom. The fraction of sp³-hybridized carbons (Fsp3) is 0.281. The van der Waals surface area contributed by atoms with Gasteiger partial charge in [0.25, 0.3) is 0 Å². The van der Waals surface area contributed by atoms with Crippen LogP contribution >= 0.6 is 0 Å². The molecule has 2 aromatic carbocycles. The number of nitrogens with zero attached hydrogens (tertiary/aromatic N) is 4. The second kappa shape index (κ2) is 11.9. The maximum atomic E-state index is 13.5. The first kappa shape index (κ1) is 28.5. The fourth-order valence-electron chi connectivity index (χ4n) is 5.56. The lowest BCUT2D eigenvalue weighted by Gasteiger charge is -2.25. The van der Waals surface area contributed by atoms with Crippen LogP contribution in [0.15, 0.2) is 84.0 Å². The quantitative estimate of drug-likeness (QED) is 0.205. The molecule has 11 heteroatoms. The van der Waals surface area contributed by atoms with Crippen LogP contribution in [-0.4, -0.2) is 47.3 Å². The van der Waals surface area contributed by atoms with E-state index in [0.717, 1.165) is 25.7 Å². The minimum Gasteiger partial charge on any atom is -0.480 e. The van der Waals surface area contributed by atoms with Crippen molar-refractivity contribution >= 4 is 22.4 Å². The number of aromatic nitrogens is 3. The number of ether oxygens (including phenoxy) is 3. The number of anilines is 2. The standard InChI is InChI=1S/C32H30F3N5O3/c1-41-21-15-13-20(14-16-21)37-25-19-29-26(18-24(25)39-23-9-7-17-36-31(23)42-2)38-22-8-3-4-10-27(22)40(29)28-11-5-6-12-30(28)43-32(33,34)35/h3-12,17-21,39H,13-16H2,1-2H3. The van der Waals surface area contributed by atoms with Crippen LogP contribution in [0.1, 0.15) is 25.7 Å². The van der Waals surface area contributed by atoms with Gasteiger partial charge in [-0.2, -0.15) is 0 Å². The molecule has 1 N–H and O–H groups in total. The van der Waals surface area contributed by atoms with E-state index in [-0.39, 0.29) is 23.6 Å². The summed E-state index contributed by atoms with van der Waals surface area (Å²) in [6.07, 6.45) is 0.479. The highest BCUT2D eigenvalue weighted by atomic mass is 19.4. The summed E-state index contributed by atoms with van der Waals surface area (Å²) in [5.41, 5.74) is 3.88. The van der Waals surface area contributed by atoms with E-state index in [4.69, 9.17) is 19.5 Å². The molecule has 0 bridgehead atoms. The highest BCUT2D eigenvalue weighted by Gasteiger charge is 2.33. The van der Waals surface area contributed by atoms with Crippen LogP contribution in [0.2, 0.25) is 0 Å². The average molecular weight is 590 g/mol. The lowest BCUT2D eigenvalue weighted by Crippen LogP contribution is -2.25. The number of fused-ring (bicyclic) bond motifs is 2. The summed E-state index contributed by atoms with van der Waals surface area (Å²) >= 11 is 0. The van der Waals surface area contributed by atoms with Crippen molar-refractivity contribution in [3.05, 3.63) is 84.4 Å². The van der Waals surface area contributed by atoms with Crippen molar-refractivity contribution in [1.29, 1.82) is 0 Å². The summed E-state index contributed by atoms with van der Waals surface area (Å²) in [5.74, 6) is 0.0882. The molecule has 1 fully saturated rings. The van der Waals surface area contributed by atoms with E-state index in [9.17, 15) is 13.2 Å². The first-order valence-corrected chi connectivity index (χ1v) is 14.0. The maximum Gasteiger partial charge on any atom is 0.573 e. The van der Waals surface area contributed by atoms with E-state index in [1.165, 1.54) is 12.1 Å². The molecular formula is C32H30F3N5O3.